The summed E-state index contributed by atoms with van der Waals surface area (Å²) < 4.78 is 7.46. The van der Waals surface area contributed by atoms with E-state index < -0.39 is 7.59 Å². The molecule has 1 aliphatic rings. The molecule has 12 heteroatoms. The molecule has 0 unspecified atom stereocenters. The Kier molecular flexibility index (Phi) is 5.09. The van der Waals surface area contributed by atoms with E-state index in [2.05, 4.69) is 9.97 Å². The van der Waals surface area contributed by atoms with Gasteiger partial charge < -0.3 is 9.47 Å². The summed E-state index contributed by atoms with van der Waals surface area (Å²) in [7, 11) is 0. The van der Waals surface area contributed by atoms with Gasteiger partial charge in [0.2, 0.25) is 7.59 Å². The number of aromatic nitrogens is 2. The molecule has 0 spiro atoms. The van der Waals surface area contributed by atoms with Crippen LogP contribution in [0.15, 0.2) is 12.1 Å². The van der Waals surface area contributed by atoms with Crippen molar-refractivity contribution < 1.29 is 9.47 Å². The number of rotatable bonds is 0. The summed E-state index contributed by atoms with van der Waals surface area (Å²) in [5.41, 5.74) is -0.0335. The quantitative estimate of drug-likeness (QED) is 0.310. The fraction of sp³-hybridized carbons (Fsp3) is 0.167. The van der Waals surface area contributed by atoms with E-state index in [4.69, 9.17) is 102 Å². The predicted molar refractivity (Wildman–Crippen MR) is 97.1 cm³/mol. The molecule has 2 aromatic heterocycles. The third kappa shape index (κ3) is 3.67. The largest absolute Gasteiger partial charge is 0.430 e. The summed E-state index contributed by atoms with van der Waals surface area (Å²) in [6, 6.07) is 2.74. The molecule has 24 heavy (non-hydrogen) atoms. The minimum Gasteiger partial charge on any atom is -0.430 e. The van der Waals surface area contributed by atoms with Crippen LogP contribution >= 0.6 is 92.8 Å². The van der Waals surface area contributed by atoms with Crippen molar-refractivity contribution in [3.8, 4) is 23.3 Å². The molecule has 0 radical (unpaired) electrons. The van der Waals surface area contributed by atoms with Crippen LogP contribution in [-0.4, -0.2) is 9.97 Å². The molecule has 128 valence electrons. The highest BCUT2D eigenvalue weighted by atomic mass is 35.6. The number of hydrogen-bond donors (Lipinski definition) is 0. The molecular weight excluding hydrogens is 488 g/mol. The molecule has 0 N–H and O–H groups in total. The van der Waals surface area contributed by atoms with Crippen LogP contribution in [0, 0.1) is 0 Å². The second kappa shape index (κ2) is 6.43. The van der Waals surface area contributed by atoms with Crippen molar-refractivity contribution in [2.24, 2.45) is 0 Å². The molecule has 3 rings (SSSR count). The maximum atomic E-state index is 6.05. The van der Waals surface area contributed by atoms with Crippen molar-refractivity contribution in [3.63, 3.8) is 0 Å². The zero-order valence-electron chi connectivity index (χ0n) is 10.9. The van der Waals surface area contributed by atoms with E-state index >= 15 is 0 Å². The molecule has 2 aromatic rings. The van der Waals surface area contributed by atoms with Gasteiger partial charge in [-0.1, -0.05) is 92.8 Å². The highest BCUT2D eigenvalue weighted by Crippen LogP contribution is 2.51. The Hall–Kier alpha value is 0.220. The van der Waals surface area contributed by atoms with Gasteiger partial charge in [0.25, 0.3) is 11.8 Å². The van der Waals surface area contributed by atoms with Gasteiger partial charge in [-0.2, -0.15) is 0 Å². The van der Waals surface area contributed by atoms with E-state index in [1.165, 1.54) is 12.1 Å². The van der Waals surface area contributed by atoms with Crippen LogP contribution in [0.2, 0.25) is 10.0 Å². The first-order chi connectivity index (χ1) is 11.0. The molecule has 0 fully saturated rings. The third-order valence-electron chi connectivity index (χ3n) is 2.77. The van der Waals surface area contributed by atoms with Gasteiger partial charge in [0.1, 0.15) is 11.4 Å². The average Bonchev–Trinajstić information content (AvgIpc) is 2.41. The number of hydrogen-bond acceptors (Lipinski definition) is 4. The fourth-order valence-corrected chi connectivity index (χ4v) is 3.53. The molecule has 4 nitrogen and oxygen atoms in total. The van der Waals surface area contributed by atoms with Gasteiger partial charge in [0.05, 0.1) is 10.0 Å². The summed E-state index contributed by atoms with van der Waals surface area (Å²) in [6.07, 6.45) is 0. The maximum Gasteiger partial charge on any atom is 0.263 e. The molecule has 0 amide bonds. The minimum absolute atomic E-state index is 0.0167. The lowest BCUT2D eigenvalue weighted by Crippen LogP contribution is -2.11. The van der Waals surface area contributed by atoms with Crippen molar-refractivity contribution in [1.29, 1.82) is 0 Å². The van der Waals surface area contributed by atoms with Crippen LogP contribution in [0.25, 0.3) is 0 Å². The Morgan fingerprint density at radius 1 is 0.667 bits per heavy atom. The van der Waals surface area contributed by atoms with E-state index in [0.717, 1.165) is 0 Å². The third-order valence-corrected chi connectivity index (χ3v) is 4.42. The van der Waals surface area contributed by atoms with Crippen molar-refractivity contribution >= 4 is 92.8 Å². The first-order valence-corrected chi connectivity index (χ1v) is 8.90. The van der Waals surface area contributed by atoms with Gasteiger partial charge in [-0.3, -0.25) is 0 Å². The van der Waals surface area contributed by atoms with Gasteiger partial charge >= 0.3 is 0 Å². The van der Waals surface area contributed by atoms with Crippen LogP contribution < -0.4 is 9.47 Å². The standard InChI is InChI=1S/C12H2Cl8N2O2/c13-3-1-5-9(21-7(3)11(15,16)17)24-6-2-4(14)8(12(18,19)20)22-10(6)23-5/h1-2H. The number of pyridine rings is 2. The second-order valence-corrected chi connectivity index (χ2v) is 9.82. The van der Waals surface area contributed by atoms with Gasteiger partial charge in [-0.25, -0.2) is 9.97 Å². The molecule has 0 saturated heterocycles. The Morgan fingerprint density at radius 3 is 1.29 bits per heavy atom. The Balaban J connectivity index is 2.08. The molecule has 0 aromatic carbocycles. The summed E-state index contributed by atoms with van der Waals surface area (Å²) in [5, 5.41) is 0.132. The van der Waals surface area contributed by atoms with Gasteiger partial charge in [0, 0.05) is 12.1 Å². The molecule has 0 saturated carbocycles. The van der Waals surface area contributed by atoms with E-state index in [0.29, 0.717) is 0 Å². The van der Waals surface area contributed by atoms with Crippen molar-refractivity contribution in [2.45, 2.75) is 7.59 Å². The highest BCUT2D eigenvalue weighted by molar-refractivity contribution is 6.67. The SMILES string of the molecule is Clc1cc2c(nc1C(Cl)(Cl)Cl)Oc1cc(Cl)c(C(Cl)(Cl)Cl)nc1O2. The van der Waals surface area contributed by atoms with E-state index in [-0.39, 0.29) is 44.7 Å². The van der Waals surface area contributed by atoms with Crippen molar-refractivity contribution in [3.05, 3.63) is 33.6 Å². The smallest absolute Gasteiger partial charge is 0.263 e. The molecular formula is C12H2Cl8N2O2. The first kappa shape index (κ1) is 19.0. The minimum atomic E-state index is -1.84. The van der Waals surface area contributed by atoms with Gasteiger partial charge in [-0.15, -0.1) is 0 Å². The van der Waals surface area contributed by atoms with Gasteiger partial charge in [-0.05, 0) is 0 Å². The van der Waals surface area contributed by atoms with E-state index in [9.17, 15) is 0 Å². The summed E-state index contributed by atoms with van der Waals surface area (Å²) in [4.78, 5) is 8.12. The second-order valence-electron chi connectivity index (χ2n) is 4.44. The topological polar surface area (TPSA) is 44.2 Å². The van der Waals surface area contributed by atoms with Crippen LogP contribution in [0.3, 0.4) is 0 Å². The zero-order valence-corrected chi connectivity index (χ0v) is 16.9. The Morgan fingerprint density at radius 2 is 1.00 bits per heavy atom. The van der Waals surface area contributed by atoms with E-state index in [1.807, 2.05) is 0 Å². The number of alkyl halides is 6. The van der Waals surface area contributed by atoms with Gasteiger partial charge in [0.15, 0.2) is 11.5 Å². The number of halogens is 8. The normalized spacial score (nSPS) is 13.7. The Bertz CT molecular complexity index is 762. The zero-order chi connectivity index (χ0) is 17.9. The lowest BCUT2D eigenvalue weighted by molar-refractivity contribution is 0.335. The lowest BCUT2D eigenvalue weighted by Gasteiger charge is -2.23. The maximum absolute atomic E-state index is 6.05. The molecule has 0 aliphatic carbocycles. The monoisotopic (exact) mass is 486 g/mol. The summed E-state index contributed by atoms with van der Waals surface area (Å²) in [6.45, 7) is 0. The number of nitrogens with zero attached hydrogens (tertiary/aromatic N) is 2. The fourth-order valence-electron chi connectivity index (χ4n) is 1.81. The molecule has 3 heterocycles. The summed E-state index contributed by atoms with van der Waals surface area (Å²) >= 11 is 47.0. The highest BCUT2D eigenvalue weighted by Gasteiger charge is 2.34. The van der Waals surface area contributed by atoms with Crippen LogP contribution in [0.1, 0.15) is 11.4 Å². The number of fused-ring (bicyclic) bond motifs is 2. The van der Waals surface area contributed by atoms with Crippen molar-refractivity contribution in [1.82, 2.24) is 9.97 Å². The van der Waals surface area contributed by atoms with Crippen LogP contribution in [0.4, 0.5) is 0 Å². The lowest BCUT2D eigenvalue weighted by atomic mass is 10.3. The Labute approximate surface area is 175 Å². The predicted octanol–water partition coefficient (Wildman–Crippen LogP) is 7.33. The number of ether oxygens (including phenoxy) is 2. The van der Waals surface area contributed by atoms with E-state index in [1.54, 1.807) is 0 Å². The summed E-state index contributed by atoms with van der Waals surface area (Å²) in [5.74, 6) is 0.339. The van der Waals surface area contributed by atoms with Crippen LogP contribution in [-0.2, 0) is 7.59 Å². The van der Waals surface area contributed by atoms with Crippen LogP contribution in [0.5, 0.6) is 23.3 Å². The molecule has 1 aliphatic heterocycles. The van der Waals surface area contributed by atoms with Crippen molar-refractivity contribution in [2.75, 3.05) is 0 Å². The average molecular weight is 490 g/mol. The first-order valence-electron chi connectivity index (χ1n) is 5.88. The molecule has 0 bridgehead atoms. The molecule has 0 atom stereocenters.